The third-order valence-corrected chi connectivity index (χ3v) is 2.93. The molecule has 0 bridgehead atoms. The maximum Gasteiger partial charge on any atom is 0.300 e. The molecule has 1 aromatic heterocycles. The number of carbonyl (C=O) groups excluding carboxylic acids is 1. The van der Waals surface area contributed by atoms with Gasteiger partial charge >= 0.3 is 5.91 Å². The fourth-order valence-corrected chi connectivity index (χ4v) is 2.10. The summed E-state index contributed by atoms with van der Waals surface area (Å²) < 4.78 is 11.0. The number of hydrogen-bond donors (Lipinski definition) is 2. The van der Waals surface area contributed by atoms with Gasteiger partial charge in [-0.2, -0.15) is 0 Å². The molecule has 1 aliphatic heterocycles. The Morgan fingerprint density at radius 3 is 3.22 bits per heavy atom. The first kappa shape index (κ1) is 13.1. The Morgan fingerprint density at radius 1 is 1.61 bits per heavy atom. The Kier molecular flexibility index (Phi) is 4.35. The monoisotopic (exact) mass is 253 g/mol. The first-order valence-corrected chi connectivity index (χ1v) is 6.12. The second kappa shape index (κ2) is 5.99. The van der Waals surface area contributed by atoms with Gasteiger partial charge in [0.05, 0.1) is 12.6 Å². The Balaban J connectivity index is 1.95. The van der Waals surface area contributed by atoms with Crippen LogP contribution in [0, 0.1) is 0 Å². The summed E-state index contributed by atoms with van der Waals surface area (Å²) in [5.74, 6) is 5.65. The highest BCUT2D eigenvalue weighted by Gasteiger charge is 2.17. The van der Waals surface area contributed by atoms with Gasteiger partial charge in [-0.1, -0.05) is 0 Å². The van der Waals surface area contributed by atoms with Crippen molar-refractivity contribution in [1.29, 1.82) is 0 Å². The summed E-state index contributed by atoms with van der Waals surface area (Å²) in [6.07, 6.45) is 1.25. The number of furan rings is 1. The number of nitrogen functional groups attached to an aromatic ring is 1. The normalized spacial score (nSPS) is 21.6. The molecule has 3 N–H and O–H groups in total. The van der Waals surface area contributed by atoms with Crippen LogP contribution in [0.4, 0.5) is 0 Å². The van der Waals surface area contributed by atoms with Crippen LogP contribution in [0.15, 0.2) is 16.5 Å². The molecule has 1 unspecified atom stereocenters. The third-order valence-electron chi connectivity index (χ3n) is 2.93. The molecule has 1 saturated heterocycles. The van der Waals surface area contributed by atoms with E-state index in [-0.39, 0.29) is 11.9 Å². The second-order valence-corrected chi connectivity index (χ2v) is 4.51. The first-order chi connectivity index (χ1) is 8.69. The molecule has 0 aliphatic carbocycles. The fraction of sp³-hybridized carbons (Fsp3) is 0.583. The zero-order valence-electron chi connectivity index (χ0n) is 10.5. The number of carbonyl (C=O) groups is 1. The molecule has 1 amide bonds. The first-order valence-electron chi connectivity index (χ1n) is 6.12. The van der Waals surface area contributed by atoms with Crippen LogP contribution in [-0.4, -0.2) is 36.6 Å². The van der Waals surface area contributed by atoms with Crippen molar-refractivity contribution < 1.29 is 13.9 Å². The fourth-order valence-electron chi connectivity index (χ4n) is 2.10. The molecule has 1 atom stereocenters. The number of rotatable bonds is 3. The highest BCUT2D eigenvalue weighted by molar-refractivity contribution is 5.90. The summed E-state index contributed by atoms with van der Waals surface area (Å²) in [6, 6.07) is 3.44. The lowest BCUT2D eigenvalue weighted by Gasteiger charge is -2.20. The van der Waals surface area contributed by atoms with Crippen LogP contribution in [0.5, 0.6) is 0 Å². The van der Waals surface area contributed by atoms with Crippen LogP contribution >= 0.6 is 0 Å². The second-order valence-electron chi connectivity index (χ2n) is 4.51. The van der Waals surface area contributed by atoms with E-state index in [4.69, 9.17) is 15.0 Å². The topological polar surface area (TPSA) is 80.7 Å². The minimum Gasteiger partial charge on any atom is -0.455 e. The number of ether oxygens (including phenoxy) is 1. The standard InChI is InChI=1S/C12H19N3O3/c1-9-7-15(5-2-6-17-9)8-10-3-4-11(18-10)12(16)14-13/h3-4,9H,2,5-8,13H2,1H3,(H,14,16). The van der Waals surface area contributed by atoms with E-state index in [2.05, 4.69) is 11.8 Å². The van der Waals surface area contributed by atoms with Gasteiger partial charge in [0.1, 0.15) is 5.76 Å². The zero-order valence-corrected chi connectivity index (χ0v) is 10.5. The maximum absolute atomic E-state index is 11.3. The Bertz CT molecular complexity index is 405. The van der Waals surface area contributed by atoms with Gasteiger partial charge in [0.25, 0.3) is 0 Å². The number of amides is 1. The molecule has 18 heavy (non-hydrogen) atoms. The van der Waals surface area contributed by atoms with E-state index in [1.165, 1.54) is 0 Å². The molecule has 0 saturated carbocycles. The smallest absolute Gasteiger partial charge is 0.300 e. The van der Waals surface area contributed by atoms with Crippen molar-refractivity contribution in [3.8, 4) is 0 Å². The molecule has 0 aromatic carbocycles. The van der Waals surface area contributed by atoms with Crippen molar-refractivity contribution >= 4 is 5.91 Å². The number of hydrazine groups is 1. The van der Waals surface area contributed by atoms with Crippen molar-refractivity contribution in [1.82, 2.24) is 10.3 Å². The quantitative estimate of drug-likeness (QED) is 0.465. The third kappa shape index (κ3) is 3.32. The van der Waals surface area contributed by atoms with Crippen LogP contribution in [0.2, 0.25) is 0 Å². The van der Waals surface area contributed by atoms with Gasteiger partial charge in [0.15, 0.2) is 5.76 Å². The lowest BCUT2D eigenvalue weighted by molar-refractivity contribution is 0.0657. The molecule has 1 fully saturated rings. The summed E-state index contributed by atoms with van der Waals surface area (Å²) >= 11 is 0. The van der Waals surface area contributed by atoms with Crippen molar-refractivity contribution in [2.45, 2.75) is 26.0 Å². The average Bonchev–Trinajstić information content (AvgIpc) is 2.72. The predicted molar refractivity (Wildman–Crippen MR) is 65.7 cm³/mol. The summed E-state index contributed by atoms with van der Waals surface area (Å²) in [7, 11) is 0. The van der Waals surface area contributed by atoms with Gasteiger partial charge in [-0.25, -0.2) is 5.84 Å². The summed E-state index contributed by atoms with van der Waals surface area (Å²) in [5.41, 5.74) is 2.05. The lowest BCUT2D eigenvalue weighted by Crippen LogP contribution is -2.30. The van der Waals surface area contributed by atoms with Crippen LogP contribution < -0.4 is 11.3 Å². The van der Waals surface area contributed by atoms with Gasteiger partial charge in [-0.3, -0.25) is 15.1 Å². The van der Waals surface area contributed by atoms with Crippen molar-refractivity contribution in [3.05, 3.63) is 23.7 Å². The molecule has 1 aromatic rings. The van der Waals surface area contributed by atoms with E-state index in [9.17, 15) is 4.79 Å². The van der Waals surface area contributed by atoms with Gasteiger partial charge < -0.3 is 9.15 Å². The Labute approximate surface area is 106 Å². The van der Waals surface area contributed by atoms with Crippen molar-refractivity contribution in [2.24, 2.45) is 5.84 Å². The molecule has 100 valence electrons. The highest BCUT2D eigenvalue weighted by Crippen LogP contribution is 2.13. The summed E-state index contributed by atoms with van der Waals surface area (Å²) in [6.45, 7) is 5.40. The van der Waals surface area contributed by atoms with Crippen molar-refractivity contribution in [3.63, 3.8) is 0 Å². The molecule has 6 heteroatoms. The SMILES string of the molecule is CC1CN(Cc2ccc(C(=O)NN)o2)CCCO1. The van der Waals surface area contributed by atoms with Crippen LogP contribution in [0.3, 0.4) is 0 Å². The maximum atomic E-state index is 11.3. The number of nitrogens with two attached hydrogens (primary N) is 1. The molecule has 0 spiro atoms. The molecule has 0 radical (unpaired) electrons. The van der Waals surface area contributed by atoms with Crippen LogP contribution in [-0.2, 0) is 11.3 Å². The molecule has 1 aliphatic rings. The van der Waals surface area contributed by atoms with E-state index in [0.29, 0.717) is 6.54 Å². The van der Waals surface area contributed by atoms with Gasteiger partial charge in [0.2, 0.25) is 0 Å². The molecule has 6 nitrogen and oxygen atoms in total. The average molecular weight is 253 g/mol. The van der Waals surface area contributed by atoms with Crippen LogP contribution in [0.1, 0.15) is 29.7 Å². The Hall–Kier alpha value is -1.37. The van der Waals surface area contributed by atoms with Crippen molar-refractivity contribution in [2.75, 3.05) is 19.7 Å². The van der Waals surface area contributed by atoms with E-state index < -0.39 is 5.91 Å². The van der Waals surface area contributed by atoms with Crippen LogP contribution in [0.25, 0.3) is 0 Å². The van der Waals surface area contributed by atoms with Gasteiger partial charge in [-0.15, -0.1) is 0 Å². The molecule has 2 rings (SSSR count). The van der Waals surface area contributed by atoms with E-state index in [0.717, 1.165) is 31.9 Å². The van der Waals surface area contributed by atoms with Gasteiger partial charge in [-0.05, 0) is 25.5 Å². The zero-order chi connectivity index (χ0) is 13.0. The number of nitrogens with one attached hydrogen (secondary N) is 1. The predicted octanol–water partition coefficient (Wildman–Crippen LogP) is 0.494. The number of hydrogen-bond acceptors (Lipinski definition) is 5. The van der Waals surface area contributed by atoms with E-state index in [1.54, 1.807) is 12.1 Å². The van der Waals surface area contributed by atoms with E-state index in [1.807, 2.05) is 5.43 Å². The van der Waals surface area contributed by atoms with E-state index >= 15 is 0 Å². The summed E-state index contributed by atoms with van der Waals surface area (Å²) in [4.78, 5) is 13.5. The number of nitrogens with zero attached hydrogens (tertiary/aromatic N) is 1. The Morgan fingerprint density at radius 2 is 2.44 bits per heavy atom. The minimum atomic E-state index is -0.409. The van der Waals surface area contributed by atoms with Gasteiger partial charge in [0, 0.05) is 19.7 Å². The molecular weight excluding hydrogens is 234 g/mol. The largest absolute Gasteiger partial charge is 0.455 e. The summed E-state index contributed by atoms with van der Waals surface area (Å²) in [5, 5.41) is 0. The lowest BCUT2D eigenvalue weighted by atomic mass is 10.3. The molecule has 2 heterocycles. The minimum absolute atomic E-state index is 0.231. The highest BCUT2D eigenvalue weighted by atomic mass is 16.5. The molecular formula is C12H19N3O3.